The molecule has 5 aromatic rings. The summed E-state index contributed by atoms with van der Waals surface area (Å²) in [5.74, 6) is 0.603. The van der Waals surface area contributed by atoms with Crippen molar-refractivity contribution in [3.63, 3.8) is 0 Å². The second-order valence-corrected chi connectivity index (χ2v) is 8.06. The quantitative estimate of drug-likeness (QED) is 0.361. The molecule has 0 unspecified atom stereocenters. The Morgan fingerprint density at radius 2 is 2.12 bits per heavy atom. The smallest absolute Gasteiger partial charge is 0.346 e. The zero-order chi connectivity index (χ0) is 22.8. The molecule has 0 amide bonds. The van der Waals surface area contributed by atoms with E-state index in [2.05, 4.69) is 25.4 Å². The van der Waals surface area contributed by atoms with E-state index in [1.165, 1.54) is 13.4 Å². The van der Waals surface area contributed by atoms with E-state index < -0.39 is 12.1 Å². The van der Waals surface area contributed by atoms with E-state index in [4.69, 9.17) is 9.47 Å². The van der Waals surface area contributed by atoms with E-state index in [1.807, 2.05) is 52.1 Å². The number of benzene rings is 2. The van der Waals surface area contributed by atoms with Gasteiger partial charge in [-0.15, -0.1) is 11.3 Å². The Morgan fingerprint density at radius 1 is 1.21 bits per heavy atom. The van der Waals surface area contributed by atoms with E-state index in [1.54, 1.807) is 24.3 Å². The summed E-state index contributed by atoms with van der Waals surface area (Å²) in [6.45, 7) is 2.26. The molecule has 33 heavy (non-hydrogen) atoms. The van der Waals surface area contributed by atoms with Crippen molar-refractivity contribution in [3.8, 4) is 5.75 Å². The van der Waals surface area contributed by atoms with Crippen LogP contribution in [0.25, 0.3) is 21.8 Å². The van der Waals surface area contributed by atoms with Crippen LogP contribution < -0.4 is 10.1 Å². The highest BCUT2D eigenvalue weighted by molar-refractivity contribution is 7.07. The summed E-state index contributed by atoms with van der Waals surface area (Å²) in [6, 6.07) is 11.5. The van der Waals surface area contributed by atoms with Gasteiger partial charge in [0.15, 0.2) is 6.10 Å². The highest BCUT2D eigenvalue weighted by Gasteiger charge is 2.18. The Balaban J connectivity index is 1.46. The summed E-state index contributed by atoms with van der Waals surface area (Å²) in [6.07, 6.45) is 2.55. The van der Waals surface area contributed by atoms with Crippen LogP contribution in [0.15, 0.2) is 59.8 Å². The van der Waals surface area contributed by atoms with Gasteiger partial charge < -0.3 is 14.8 Å². The fourth-order valence-electron chi connectivity index (χ4n) is 3.57. The highest BCUT2D eigenvalue weighted by Crippen LogP contribution is 2.33. The predicted molar refractivity (Wildman–Crippen MR) is 126 cm³/mol. The molecule has 3 aromatic heterocycles. The minimum Gasteiger partial charge on any atom is -0.478 e. The maximum Gasteiger partial charge on any atom is 0.346 e. The Bertz CT molecular complexity index is 1430. The average Bonchev–Trinajstić information content (AvgIpc) is 3.49. The van der Waals surface area contributed by atoms with Crippen molar-refractivity contribution < 1.29 is 14.3 Å². The van der Waals surface area contributed by atoms with Gasteiger partial charge in [0.2, 0.25) is 0 Å². The van der Waals surface area contributed by atoms with Crippen molar-refractivity contribution in [2.45, 2.75) is 19.6 Å². The van der Waals surface area contributed by atoms with Gasteiger partial charge >= 0.3 is 5.97 Å². The maximum absolute atomic E-state index is 11.8. The van der Waals surface area contributed by atoms with Crippen LogP contribution in [0, 0.1) is 0 Å². The Kier molecular flexibility index (Phi) is 5.57. The van der Waals surface area contributed by atoms with E-state index >= 15 is 0 Å². The van der Waals surface area contributed by atoms with Gasteiger partial charge in [0, 0.05) is 16.5 Å². The van der Waals surface area contributed by atoms with Gasteiger partial charge in [0.05, 0.1) is 47.5 Å². The van der Waals surface area contributed by atoms with Crippen LogP contribution in [0.1, 0.15) is 12.6 Å². The number of anilines is 2. The second-order valence-electron chi connectivity index (χ2n) is 7.34. The molecule has 5 rings (SSSR count). The average molecular weight is 461 g/mol. The number of aromatic nitrogens is 5. The van der Waals surface area contributed by atoms with Gasteiger partial charge in [-0.25, -0.2) is 19.7 Å². The standard InChI is InChI=1S/C23H20N6O3S/c1-14(23(30)31-2)32-20-5-3-4-18-21(20)22(25-12-24-18)28-16-6-7-19-15(8-16)9-27-29(19)10-17-11-33-13-26-17/h3-9,11-14H,10H2,1-2H3,(H,24,25,28)/t14-/m1/s1. The van der Waals surface area contributed by atoms with Crippen molar-refractivity contribution in [2.24, 2.45) is 0 Å². The molecule has 0 aliphatic rings. The third-order valence-corrected chi connectivity index (χ3v) is 5.80. The summed E-state index contributed by atoms with van der Waals surface area (Å²) in [5.41, 5.74) is 5.34. The molecule has 2 aromatic carbocycles. The van der Waals surface area contributed by atoms with E-state index in [9.17, 15) is 4.79 Å². The lowest BCUT2D eigenvalue weighted by molar-refractivity contribution is -0.147. The first-order chi connectivity index (χ1) is 16.1. The van der Waals surface area contributed by atoms with Gasteiger partial charge in [0.25, 0.3) is 0 Å². The van der Waals surface area contributed by atoms with E-state index in [0.717, 1.165) is 22.3 Å². The number of rotatable bonds is 7. The van der Waals surface area contributed by atoms with Crippen LogP contribution >= 0.6 is 11.3 Å². The number of methoxy groups -OCH3 is 1. The van der Waals surface area contributed by atoms with Gasteiger partial charge in [0.1, 0.15) is 17.9 Å². The number of thiazole rings is 1. The summed E-state index contributed by atoms with van der Waals surface area (Å²) >= 11 is 1.57. The lowest BCUT2D eigenvalue weighted by Crippen LogP contribution is -2.25. The fraction of sp³-hybridized carbons (Fsp3) is 0.174. The summed E-state index contributed by atoms with van der Waals surface area (Å²) in [7, 11) is 1.33. The molecule has 0 fully saturated rings. The van der Waals surface area contributed by atoms with Crippen LogP contribution in [-0.2, 0) is 16.1 Å². The molecule has 0 aliphatic heterocycles. The number of carbonyl (C=O) groups is 1. The molecule has 0 spiro atoms. The Hall–Kier alpha value is -4.05. The number of fused-ring (bicyclic) bond motifs is 2. The molecule has 1 atom stereocenters. The molecule has 0 saturated carbocycles. The third kappa shape index (κ3) is 4.20. The molecular formula is C23H20N6O3S. The highest BCUT2D eigenvalue weighted by atomic mass is 32.1. The van der Waals surface area contributed by atoms with Gasteiger partial charge in [-0.2, -0.15) is 5.10 Å². The van der Waals surface area contributed by atoms with Crippen LogP contribution in [0.2, 0.25) is 0 Å². The molecular weight excluding hydrogens is 440 g/mol. The number of nitrogens with zero attached hydrogens (tertiary/aromatic N) is 5. The van der Waals surface area contributed by atoms with Crippen LogP contribution in [-0.4, -0.2) is 43.9 Å². The van der Waals surface area contributed by atoms with Crippen molar-refractivity contribution >= 4 is 50.6 Å². The summed E-state index contributed by atoms with van der Waals surface area (Å²) in [5, 5.41) is 11.5. The zero-order valence-corrected chi connectivity index (χ0v) is 18.7. The SMILES string of the molecule is COC(=O)[C@@H](C)Oc1cccc2ncnc(Nc3ccc4c(cnn4Cc4cscn4)c3)c12. The molecule has 166 valence electrons. The maximum atomic E-state index is 11.8. The zero-order valence-electron chi connectivity index (χ0n) is 17.9. The van der Waals surface area contributed by atoms with Crippen LogP contribution in [0.5, 0.6) is 5.75 Å². The first-order valence-corrected chi connectivity index (χ1v) is 11.1. The number of carbonyl (C=O) groups excluding carboxylic acids is 1. The van der Waals surface area contributed by atoms with Crippen molar-refractivity contribution in [1.29, 1.82) is 0 Å². The van der Waals surface area contributed by atoms with E-state index in [0.29, 0.717) is 29.0 Å². The number of esters is 1. The molecule has 0 saturated heterocycles. The first kappa shape index (κ1) is 20.8. The molecule has 0 radical (unpaired) electrons. The minimum absolute atomic E-state index is 0.460. The first-order valence-electron chi connectivity index (χ1n) is 10.2. The number of hydrogen-bond donors (Lipinski definition) is 1. The Labute approximate surface area is 193 Å². The normalized spacial score (nSPS) is 12.1. The lowest BCUT2D eigenvalue weighted by atomic mass is 10.2. The molecule has 1 N–H and O–H groups in total. The number of nitrogens with one attached hydrogen (secondary N) is 1. The monoisotopic (exact) mass is 460 g/mol. The molecule has 0 bridgehead atoms. The predicted octanol–water partition coefficient (Wildman–Crippen LogP) is 4.17. The number of hydrogen-bond acceptors (Lipinski definition) is 9. The second kappa shape index (κ2) is 8.83. The van der Waals surface area contributed by atoms with Crippen molar-refractivity contribution in [1.82, 2.24) is 24.7 Å². The van der Waals surface area contributed by atoms with Gasteiger partial charge in [-0.05, 0) is 37.3 Å². The molecule has 3 heterocycles. The minimum atomic E-state index is -0.770. The number of ether oxygens (including phenoxy) is 2. The van der Waals surface area contributed by atoms with Gasteiger partial charge in [-0.3, -0.25) is 4.68 Å². The summed E-state index contributed by atoms with van der Waals surface area (Å²) in [4.78, 5) is 24.9. The van der Waals surface area contributed by atoms with Gasteiger partial charge in [-0.1, -0.05) is 6.07 Å². The largest absolute Gasteiger partial charge is 0.478 e. The fourth-order valence-corrected chi connectivity index (χ4v) is 4.12. The molecule has 0 aliphatic carbocycles. The molecule has 10 heteroatoms. The van der Waals surface area contributed by atoms with Crippen LogP contribution in [0.3, 0.4) is 0 Å². The summed E-state index contributed by atoms with van der Waals surface area (Å²) < 4.78 is 12.6. The van der Waals surface area contributed by atoms with E-state index in [-0.39, 0.29) is 0 Å². The molecule has 9 nitrogen and oxygen atoms in total. The Morgan fingerprint density at radius 3 is 2.94 bits per heavy atom. The van der Waals surface area contributed by atoms with Crippen molar-refractivity contribution in [2.75, 3.05) is 12.4 Å². The topological polar surface area (TPSA) is 104 Å². The van der Waals surface area contributed by atoms with Crippen LogP contribution in [0.4, 0.5) is 11.5 Å². The lowest BCUT2D eigenvalue weighted by Gasteiger charge is -2.16. The van der Waals surface area contributed by atoms with Crippen molar-refractivity contribution in [3.05, 3.63) is 65.5 Å². The third-order valence-electron chi connectivity index (χ3n) is 5.16.